The average Bonchev–Trinajstić information content (AvgIpc) is 2.89. The van der Waals surface area contributed by atoms with Gasteiger partial charge in [-0.2, -0.15) is 5.10 Å². The minimum absolute atomic E-state index is 0.407. The number of fused-ring (bicyclic) bond motifs is 1. The molecular formula is C16H21N3O. The summed E-state index contributed by atoms with van der Waals surface area (Å²) >= 11 is 0. The summed E-state index contributed by atoms with van der Waals surface area (Å²) in [5.41, 5.74) is 2.60. The first-order valence-electron chi connectivity index (χ1n) is 7.14. The largest absolute Gasteiger partial charge is 0.493 e. The van der Waals surface area contributed by atoms with Gasteiger partial charge in [0.15, 0.2) is 0 Å². The number of hydrogen-bond donors (Lipinski definition) is 1. The summed E-state index contributed by atoms with van der Waals surface area (Å²) in [5.74, 6) is 1.53. The standard InChI is InChI=1S/C16H21N3O/c1-17-15(9-12-10-18-19(2)11-12)13-7-8-20-16-6-4-3-5-14(13)16/h3-6,10-11,13,15,17H,7-9H2,1-2H3. The van der Waals surface area contributed by atoms with E-state index in [9.17, 15) is 0 Å². The van der Waals surface area contributed by atoms with Gasteiger partial charge in [0.1, 0.15) is 5.75 Å². The molecule has 1 aromatic heterocycles. The minimum atomic E-state index is 0.407. The van der Waals surface area contributed by atoms with Crippen LogP contribution in [0.2, 0.25) is 0 Å². The van der Waals surface area contributed by atoms with E-state index in [1.54, 1.807) is 0 Å². The van der Waals surface area contributed by atoms with Crippen LogP contribution in [0.4, 0.5) is 0 Å². The summed E-state index contributed by atoms with van der Waals surface area (Å²) in [5, 5.41) is 7.74. The maximum atomic E-state index is 5.76. The highest BCUT2D eigenvalue weighted by Gasteiger charge is 2.28. The number of aromatic nitrogens is 2. The lowest BCUT2D eigenvalue weighted by atomic mass is 9.84. The second-order valence-electron chi connectivity index (χ2n) is 5.40. The number of ether oxygens (including phenoxy) is 1. The Labute approximate surface area is 119 Å². The topological polar surface area (TPSA) is 39.1 Å². The molecule has 2 aromatic rings. The second kappa shape index (κ2) is 5.67. The zero-order chi connectivity index (χ0) is 13.9. The molecule has 1 aliphatic rings. The van der Waals surface area contributed by atoms with Crippen molar-refractivity contribution in [1.29, 1.82) is 0 Å². The quantitative estimate of drug-likeness (QED) is 0.926. The van der Waals surface area contributed by atoms with Crippen molar-refractivity contribution < 1.29 is 4.74 Å². The van der Waals surface area contributed by atoms with Crippen LogP contribution in [-0.2, 0) is 13.5 Å². The van der Waals surface area contributed by atoms with Crippen LogP contribution >= 0.6 is 0 Å². The summed E-state index contributed by atoms with van der Waals surface area (Å²) < 4.78 is 7.62. The Morgan fingerprint density at radius 2 is 2.30 bits per heavy atom. The molecule has 0 saturated carbocycles. The third kappa shape index (κ3) is 2.56. The first-order chi connectivity index (χ1) is 9.78. The third-order valence-electron chi connectivity index (χ3n) is 4.08. The molecule has 3 rings (SSSR count). The number of aryl methyl sites for hydroxylation is 1. The van der Waals surface area contributed by atoms with Gasteiger partial charge in [-0.1, -0.05) is 18.2 Å². The van der Waals surface area contributed by atoms with E-state index in [1.165, 1.54) is 11.1 Å². The maximum absolute atomic E-state index is 5.76. The van der Waals surface area contributed by atoms with E-state index in [0.717, 1.165) is 25.2 Å². The summed E-state index contributed by atoms with van der Waals surface area (Å²) in [4.78, 5) is 0. The molecule has 4 nitrogen and oxygen atoms in total. The number of likely N-dealkylation sites (N-methyl/N-ethyl adjacent to an activating group) is 1. The fraction of sp³-hybridized carbons (Fsp3) is 0.438. The van der Waals surface area contributed by atoms with E-state index >= 15 is 0 Å². The molecule has 2 unspecified atom stereocenters. The van der Waals surface area contributed by atoms with Crippen molar-refractivity contribution in [2.24, 2.45) is 7.05 Å². The van der Waals surface area contributed by atoms with E-state index in [1.807, 2.05) is 31.0 Å². The van der Waals surface area contributed by atoms with Crippen molar-refractivity contribution in [3.05, 3.63) is 47.8 Å². The van der Waals surface area contributed by atoms with E-state index in [4.69, 9.17) is 4.74 Å². The molecular weight excluding hydrogens is 250 g/mol. The van der Waals surface area contributed by atoms with Crippen LogP contribution in [0.15, 0.2) is 36.7 Å². The third-order valence-corrected chi connectivity index (χ3v) is 4.08. The van der Waals surface area contributed by atoms with E-state index < -0.39 is 0 Å². The highest BCUT2D eigenvalue weighted by atomic mass is 16.5. The van der Waals surface area contributed by atoms with Gasteiger partial charge in [0.05, 0.1) is 12.8 Å². The Balaban J connectivity index is 1.83. The van der Waals surface area contributed by atoms with Crippen LogP contribution in [0, 0.1) is 0 Å². The van der Waals surface area contributed by atoms with Crippen LogP contribution in [0.1, 0.15) is 23.5 Å². The highest BCUT2D eigenvalue weighted by molar-refractivity contribution is 5.39. The maximum Gasteiger partial charge on any atom is 0.122 e. The Bertz CT molecular complexity index is 579. The molecule has 0 radical (unpaired) electrons. The molecule has 0 spiro atoms. The monoisotopic (exact) mass is 271 g/mol. The molecule has 0 saturated heterocycles. The minimum Gasteiger partial charge on any atom is -0.493 e. The highest BCUT2D eigenvalue weighted by Crippen LogP contribution is 2.36. The summed E-state index contributed by atoms with van der Waals surface area (Å²) in [6, 6.07) is 8.79. The molecule has 2 heterocycles. The Hall–Kier alpha value is -1.81. The van der Waals surface area contributed by atoms with Crippen molar-refractivity contribution in [1.82, 2.24) is 15.1 Å². The van der Waals surface area contributed by atoms with Gasteiger partial charge >= 0.3 is 0 Å². The predicted molar refractivity (Wildman–Crippen MR) is 79.1 cm³/mol. The second-order valence-corrected chi connectivity index (χ2v) is 5.40. The Kier molecular flexibility index (Phi) is 3.74. The first-order valence-corrected chi connectivity index (χ1v) is 7.14. The number of benzene rings is 1. The molecule has 20 heavy (non-hydrogen) atoms. The van der Waals surface area contributed by atoms with Crippen LogP contribution in [0.5, 0.6) is 5.75 Å². The molecule has 4 heteroatoms. The van der Waals surface area contributed by atoms with Crippen LogP contribution in [0.25, 0.3) is 0 Å². The van der Waals surface area contributed by atoms with Crippen molar-refractivity contribution in [3.8, 4) is 5.75 Å². The van der Waals surface area contributed by atoms with Crippen LogP contribution < -0.4 is 10.1 Å². The lowest BCUT2D eigenvalue weighted by molar-refractivity contribution is 0.247. The number of para-hydroxylation sites is 1. The van der Waals surface area contributed by atoms with Gasteiger partial charge in [-0.3, -0.25) is 4.68 Å². The molecule has 1 N–H and O–H groups in total. The summed E-state index contributed by atoms with van der Waals surface area (Å²) in [6.07, 6.45) is 6.09. The Morgan fingerprint density at radius 3 is 3.05 bits per heavy atom. The molecule has 2 atom stereocenters. The predicted octanol–water partition coefficient (Wildman–Crippen LogP) is 2.12. The van der Waals surface area contributed by atoms with Gasteiger partial charge in [-0.05, 0) is 37.1 Å². The molecule has 0 fully saturated rings. The van der Waals surface area contributed by atoms with Gasteiger partial charge in [-0.15, -0.1) is 0 Å². The van der Waals surface area contributed by atoms with Gasteiger partial charge in [0.2, 0.25) is 0 Å². The number of hydrogen-bond acceptors (Lipinski definition) is 3. The fourth-order valence-electron chi connectivity index (χ4n) is 3.06. The van der Waals surface area contributed by atoms with Crippen LogP contribution in [-0.4, -0.2) is 29.5 Å². The molecule has 0 bridgehead atoms. The van der Waals surface area contributed by atoms with Crippen LogP contribution in [0.3, 0.4) is 0 Å². The van der Waals surface area contributed by atoms with Gasteiger partial charge in [-0.25, -0.2) is 0 Å². The van der Waals surface area contributed by atoms with E-state index in [2.05, 4.69) is 34.8 Å². The van der Waals surface area contributed by atoms with E-state index in [0.29, 0.717) is 12.0 Å². The Morgan fingerprint density at radius 1 is 1.45 bits per heavy atom. The summed E-state index contributed by atoms with van der Waals surface area (Å²) in [7, 11) is 4.00. The fourth-order valence-corrected chi connectivity index (χ4v) is 3.06. The number of nitrogens with one attached hydrogen (secondary N) is 1. The van der Waals surface area contributed by atoms with Crippen molar-refractivity contribution in [2.75, 3.05) is 13.7 Å². The lowest BCUT2D eigenvalue weighted by Crippen LogP contribution is -2.36. The van der Waals surface area contributed by atoms with Gasteiger partial charge in [0.25, 0.3) is 0 Å². The molecule has 106 valence electrons. The SMILES string of the molecule is CNC(Cc1cnn(C)c1)C1CCOc2ccccc21. The summed E-state index contributed by atoms with van der Waals surface area (Å²) in [6.45, 7) is 0.799. The van der Waals surface area contributed by atoms with Crippen molar-refractivity contribution >= 4 is 0 Å². The zero-order valence-electron chi connectivity index (χ0n) is 12.0. The molecule has 0 aliphatic carbocycles. The molecule has 0 amide bonds. The number of rotatable bonds is 4. The zero-order valence-corrected chi connectivity index (χ0v) is 12.0. The first kappa shape index (κ1) is 13.2. The van der Waals surface area contributed by atoms with Gasteiger partial charge in [0, 0.05) is 25.2 Å². The lowest BCUT2D eigenvalue weighted by Gasteiger charge is -2.32. The van der Waals surface area contributed by atoms with Crippen molar-refractivity contribution in [2.45, 2.75) is 24.8 Å². The van der Waals surface area contributed by atoms with Gasteiger partial charge < -0.3 is 10.1 Å². The average molecular weight is 271 g/mol. The number of nitrogens with zero attached hydrogens (tertiary/aromatic N) is 2. The smallest absolute Gasteiger partial charge is 0.122 e. The molecule has 1 aliphatic heterocycles. The normalized spacial score (nSPS) is 19.2. The molecule has 1 aromatic carbocycles. The van der Waals surface area contributed by atoms with Crippen molar-refractivity contribution in [3.63, 3.8) is 0 Å². The van der Waals surface area contributed by atoms with E-state index in [-0.39, 0.29) is 0 Å².